The van der Waals surface area contributed by atoms with Gasteiger partial charge in [0.2, 0.25) is 0 Å². The van der Waals surface area contributed by atoms with E-state index in [1.165, 1.54) is 0 Å². The fraction of sp³-hybridized carbons (Fsp3) is 0.125. The van der Waals surface area contributed by atoms with E-state index in [-0.39, 0.29) is 22.7 Å². The summed E-state index contributed by atoms with van der Waals surface area (Å²) in [6.45, 7) is 1.89. The van der Waals surface area contributed by atoms with Gasteiger partial charge < -0.3 is 10.1 Å². The first kappa shape index (κ1) is 9.06. The molecule has 4 heteroatoms. The van der Waals surface area contributed by atoms with Gasteiger partial charge in [-0.05, 0) is 19.1 Å². The summed E-state index contributed by atoms with van der Waals surface area (Å²) in [4.78, 5) is 7.22. The van der Waals surface area contributed by atoms with E-state index in [2.05, 4.69) is 9.97 Å². The first-order valence-corrected chi connectivity index (χ1v) is 3.41. The maximum Gasteiger partial charge on any atom is 0.117 e. The number of aromatic amines is 1. The molecule has 2 aromatic rings. The number of hydrogen-bond acceptors (Lipinski definition) is 2. The Labute approximate surface area is 80.2 Å². The van der Waals surface area contributed by atoms with E-state index in [0.717, 1.165) is 16.9 Å². The lowest BCUT2D eigenvalue weighted by molar-refractivity contribution is 0.476. The summed E-state index contributed by atoms with van der Waals surface area (Å²) in [5, 5.41) is 9.09. The molecule has 12 heavy (non-hydrogen) atoms. The van der Waals surface area contributed by atoms with Crippen molar-refractivity contribution in [2.24, 2.45) is 0 Å². The van der Waals surface area contributed by atoms with Gasteiger partial charge in [-0.1, -0.05) is 0 Å². The van der Waals surface area contributed by atoms with E-state index in [0.29, 0.717) is 0 Å². The fourth-order valence-corrected chi connectivity index (χ4v) is 1.13. The van der Waals surface area contributed by atoms with Crippen LogP contribution in [-0.4, -0.2) is 15.1 Å². The number of halogens is 1. The second-order valence-corrected chi connectivity index (χ2v) is 2.52. The molecule has 64 valence electrons. The normalized spacial score (nSPS) is 9.75. The Hall–Kier alpha value is -1.03. The van der Waals surface area contributed by atoms with Crippen LogP contribution >= 0.6 is 17.0 Å². The standard InChI is InChI=1S/C8H8N2O.BrH/c1-5-9-7-3-2-6(11)4-8(7)10-5;/h2-4,11H,1H3,(H,9,10);1H. The SMILES string of the molecule is Br.Cc1nc2ccc(O)cc2[nH]1. The van der Waals surface area contributed by atoms with Gasteiger partial charge >= 0.3 is 0 Å². The van der Waals surface area contributed by atoms with E-state index in [1.54, 1.807) is 18.2 Å². The molecule has 0 radical (unpaired) electrons. The van der Waals surface area contributed by atoms with Crippen LogP contribution in [0.25, 0.3) is 11.0 Å². The van der Waals surface area contributed by atoms with Gasteiger partial charge in [0.25, 0.3) is 0 Å². The molecule has 1 aromatic carbocycles. The number of nitrogens with zero attached hydrogens (tertiary/aromatic N) is 1. The minimum absolute atomic E-state index is 0. The molecule has 0 unspecified atom stereocenters. The summed E-state index contributed by atoms with van der Waals surface area (Å²) >= 11 is 0. The molecule has 2 rings (SSSR count). The Morgan fingerprint density at radius 3 is 2.92 bits per heavy atom. The van der Waals surface area contributed by atoms with Gasteiger partial charge in [0.1, 0.15) is 11.6 Å². The summed E-state index contributed by atoms with van der Waals surface area (Å²) in [7, 11) is 0. The molecule has 0 bridgehead atoms. The maximum absolute atomic E-state index is 9.09. The highest BCUT2D eigenvalue weighted by Crippen LogP contribution is 2.16. The van der Waals surface area contributed by atoms with Crippen LogP contribution < -0.4 is 0 Å². The number of phenolic OH excluding ortho intramolecular Hbond substituents is 1. The van der Waals surface area contributed by atoms with E-state index >= 15 is 0 Å². The van der Waals surface area contributed by atoms with Crippen LogP contribution in [-0.2, 0) is 0 Å². The quantitative estimate of drug-likeness (QED) is 0.727. The molecule has 0 fully saturated rings. The third-order valence-electron chi connectivity index (χ3n) is 1.58. The van der Waals surface area contributed by atoms with Gasteiger partial charge in [-0.15, -0.1) is 17.0 Å². The van der Waals surface area contributed by atoms with Crippen molar-refractivity contribution in [2.45, 2.75) is 6.92 Å². The van der Waals surface area contributed by atoms with Gasteiger partial charge in [-0.25, -0.2) is 4.98 Å². The summed E-state index contributed by atoms with van der Waals surface area (Å²) in [6.07, 6.45) is 0. The zero-order valence-electron chi connectivity index (χ0n) is 6.53. The van der Waals surface area contributed by atoms with Gasteiger partial charge in [0.05, 0.1) is 11.0 Å². The highest BCUT2D eigenvalue weighted by molar-refractivity contribution is 8.93. The van der Waals surface area contributed by atoms with E-state index < -0.39 is 0 Å². The Kier molecular flexibility index (Phi) is 2.38. The van der Waals surface area contributed by atoms with Crippen molar-refractivity contribution in [3.63, 3.8) is 0 Å². The average molecular weight is 229 g/mol. The summed E-state index contributed by atoms with van der Waals surface area (Å²) in [6, 6.07) is 5.08. The lowest BCUT2D eigenvalue weighted by Gasteiger charge is -1.88. The molecule has 2 N–H and O–H groups in total. The first-order valence-electron chi connectivity index (χ1n) is 3.41. The predicted octanol–water partition coefficient (Wildman–Crippen LogP) is 2.15. The van der Waals surface area contributed by atoms with Crippen LogP contribution in [0.1, 0.15) is 5.82 Å². The number of H-pyrrole nitrogens is 1. The third-order valence-corrected chi connectivity index (χ3v) is 1.58. The number of fused-ring (bicyclic) bond motifs is 1. The number of phenols is 1. The van der Waals surface area contributed by atoms with Crippen molar-refractivity contribution < 1.29 is 5.11 Å². The minimum atomic E-state index is 0. The van der Waals surface area contributed by atoms with Crippen LogP contribution in [0, 0.1) is 6.92 Å². The lowest BCUT2D eigenvalue weighted by atomic mass is 10.3. The summed E-state index contributed by atoms with van der Waals surface area (Å²) in [5.41, 5.74) is 1.77. The molecule has 1 aromatic heterocycles. The van der Waals surface area contributed by atoms with E-state index in [4.69, 9.17) is 5.11 Å². The van der Waals surface area contributed by atoms with Crippen molar-refractivity contribution in [3.8, 4) is 5.75 Å². The van der Waals surface area contributed by atoms with Crippen LogP contribution in [0.4, 0.5) is 0 Å². The van der Waals surface area contributed by atoms with Crippen molar-refractivity contribution in [1.82, 2.24) is 9.97 Å². The number of aromatic nitrogens is 2. The fourth-order valence-electron chi connectivity index (χ4n) is 1.13. The molecule has 0 aliphatic rings. The maximum atomic E-state index is 9.09. The highest BCUT2D eigenvalue weighted by Gasteiger charge is 1.98. The Morgan fingerprint density at radius 1 is 1.42 bits per heavy atom. The van der Waals surface area contributed by atoms with Gasteiger partial charge in [-0.3, -0.25) is 0 Å². The predicted molar refractivity (Wildman–Crippen MR) is 52.8 cm³/mol. The number of aromatic hydroxyl groups is 1. The Morgan fingerprint density at radius 2 is 2.17 bits per heavy atom. The smallest absolute Gasteiger partial charge is 0.117 e. The van der Waals surface area contributed by atoms with Gasteiger partial charge in [0.15, 0.2) is 0 Å². The van der Waals surface area contributed by atoms with Crippen molar-refractivity contribution in [2.75, 3.05) is 0 Å². The van der Waals surface area contributed by atoms with Crippen molar-refractivity contribution in [1.29, 1.82) is 0 Å². The topological polar surface area (TPSA) is 48.9 Å². The second kappa shape index (κ2) is 3.15. The molecule has 0 atom stereocenters. The van der Waals surface area contributed by atoms with Crippen LogP contribution in [0.3, 0.4) is 0 Å². The molecule has 0 amide bonds. The van der Waals surface area contributed by atoms with Crippen LogP contribution in [0.5, 0.6) is 5.75 Å². The first-order chi connectivity index (χ1) is 5.25. The monoisotopic (exact) mass is 228 g/mol. The highest BCUT2D eigenvalue weighted by atomic mass is 79.9. The molecule has 0 spiro atoms. The lowest BCUT2D eigenvalue weighted by Crippen LogP contribution is -1.68. The van der Waals surface area contributed by atoms with Crippen molar-refractivity contribution >= 4 is 28.0 Å². The molecule has 0 saturated carbocycles. The number of imidazole rings is 1. The van der Waals surface area contributed by atoms with Gasteiger partial charge in [-0.2, -0.15) is 0 Å². The number of rotatable bonds is 0. The summed E-state index contributed by atoms with van der Waals surface area (Å²) in [5.74, 6) is 1.13. The Bertz CT molecular complexity index is 397. The molecular weight excluding hydrogens is 220 g/mol. The number of aryl methyl sites for hydroxylation is 1. The molecule has 1 heterocycles. The zero-order valence-corrected chi connectivity index (χ0v) is 8.25. The molecule has 3 nitrogen and oxygen atoms in total. The van der Waals surface area contributed by atoms with Gasteiger partial charge in [0, 0.05) is 6.07 Å². The summed E-state index contributed by atoms with van der Waals surface area (Å²) < 4.78 is 0. The number of benzene rings is 1. The molecule has 0 saturated heterocycles. The zero-order chi connectivity index (χ0) is 7.84. The molecule has 0 aliphatic heterocycles. The second-order valence-electron chi connectivity index (χ2n) is 2.52. The Balaban J connectivity index is 0.000000720. The number of nitrogens with one attached hydrogen (secondary N) is 1. The minimum Gasteiger partial charge on any atom is -0.508 e. The third kappa shape index (κ3) is 1.43. The number of hydrogen-bond donors (Lipinski definition) is 2. The van der Waals surface area contributed by atoms with Crippen molar-refractivity contribution in [3.05, 3.63) is 24.0 Å². The average Bonchev–Trinajstić information content (AvgIpc) is 2.27. The van der Waals surface area contributed by atoms with Crippen LogP contribution in [0.2, 0.25) is 0 Å². The molecular formula is C8H9BrN2O. The van der Waals surface area contributed by atoms with E-state index in [9.17, 15) is 0 Å². The van der Waals surface area contributed by atoms with Crippen LogP contribution in [0.15, 0.2) is 18.2 Å². The largest absolute Gasteiger partial charge is 0.508 e. The van der Waals surface area contributed by atoms with E-state index in [1.807, 2.05) is 6.92 Å². The molecule has 0 aliphatic carbocycles.